The molecule has 1 aliphatic carbocycles. The summed E-state index contributed by atoms with van der Waals surface area (Å²) < 4.78 is 7.24. The summed E-state index contributed by atoms with van der Waals surface area (Å²) in [5.74, 6) is 1.39. The van der Waals surface area contributed by atoms with E-state index >= 15 is 0 Å². The first-order chi connectivity index (χ1) is 16.1. The van der Waals surface area contributed by atoms with Crippen molar-refractivity contribution in [1.29, 1.82) is 0 Å². The molecule has 2 aromatic heterocycles. The summed E-state index contributed by atoms with van der Waals surface area (Å²) in [7, 11) is 0. The van der Waals surface area contributed by atoms with Crippen molar-refractivity contribution in [2.24, 2.45) is 11.3 Å². The molecule has 2 aliphatic heterocycles. The zero-order chi connectivity index (χ0) is 22.8. The molecular weight excluding hydrogens is 418 g/mol. The van der Waals surface area contributed by atoms with Gasteiger partial charge in [-0.15, -0.1) is 0 Å². The highest BCUT2D eigenvalue weighted by molar-refractivity contribution is 5.83. The van der Waals surface area contributed by atoms with Crippen molar-refractivity contribution in [3.63, 3.8) is 0 Å². The van der Waals surface area contributed by atoms with Crippen LogP contribution in [0.4, 0.5) is 4.79 Å². The third-order valence-electron chi connectivity index (χ3n) is 7.57. The van der Waals surface area contributed by atoms with Gasteiger partial charge >= 0.3 is 6.09 Å². The first-order valence-electron chi connectivity index (χ1n) is 12.1. The normalized spacial score (nSPS) is 22.4. The van der Waals surface area contributed by atoms with E-state index in [0.29, 0.717) is 32.8 Å². The molecule has 8 heteroatoms. The number of nitrogens with zero attached hydrogens (tertiary/aromatic N) is 5. The molecule has 0 bridgehead atoms. The van der Waals surface area contributed by atoms with Crippen LogP contribution in [0.3, 0.4) is 0 Å². The van der Waals surface area contributed by atoms with Crippen molar-refractivity contribution in [3.05, 3.63) is 48.4 Å². The van der Waals surface area contributed by atoms with Gasteiger partial charge in [-0.25, -0.2) is 9.78 Å². The molecule has 8 nitrogen and oxygen atoms in total. The van der Waals surface area contributed by atoms with Crippen molar-refractivity contribution in [2.75, 3.05) is 45.9 Å². The van der Waals surface area contributed by atoms with E-state index in [1.54, 1.807) is 4.90 Å². The minimum Gasteiger partial charge on any atom is -0.450 e. The number of rotatable bonds is 5. The third kappa shape index (κ3) is 4.49. The molecule has 0 N–H and O–H groups in total. The first kappa shape index (κ1) is 21.9. The molecule has 0 radical (unpaired) electrons. The maximum Gasteiger partial charge on any atom is 0.409 e. The molecule has 1 unspecified atom stereocenters. The highest BCUT2D eigenvalue weighted by Crippen LogP contribution is 2.60. The van der Waals surface area contributed by atoms with Gasteiger partial charge in [-0.3, -0.25) is 9.69 Å². The van der Waals surface area contributed by atoms with Crippen LogP contribution in [0.1, 0.15) is 31.9 Å². The highest BCUT2D eigenvalue weighted by Gasteiger charge is 2.59. The molecule has 0 aromatic carbocycles. The van der Waals surface area contributed by atoms with Crippen LogP contribution in [-0.4, -0.2) is 82.1 Å². The lowest BCUT2D eigenvalue weighted by Gasteiger charge is -2.36. The van der Waals surface area contributed by atoms with Gasteiger partial charge in [0.2, 0.25) is 5.91 Å². The number of carbonyl (C=O) groups is 2. The number of piperidine rings is 1. The standard InChI is InChI=1S/C25H33N5O3/c1-2-33-24(32)29-16-14-28(15-17-29)23(31)21-18-25(21)8-12-27(13-9-25)19-20-6-5-11-30(20)22-7-3-4-10-26-22/h3-7,10-11,21H,2,8-9,12-19H2,1H3. The van der Waals surface area contributed by atoms with Crippen LogP contribution in [0.25, 0.3) is 5.82 Å². The lowest BCUT2D eigenvalue weighted by molar-refractivity contribution is -0.135. The quantitative estimate of drug-likeness (QED) is 0.699. The minimum atomic E-state index is -0.269. The van der Waals surface area contributed by atoms with Gasteiger partial charge in [-0.2, -0.15) is 0 Å². The second-order valence-electron chi connectivity index (χ2n) is 9.46. The van der Waals surface area contributed by atoms with Crippen molar-refractivity contribution in [2.45, 2.75) is 32.7 Å². The lowest BCUT2D eigenvalue weighted by atomic mass is 9.90. The van der Waals surface area contributed by atoms with Gasteiger partial charge in [-0.05, 0) is 69.0 Å². The van der Waals surface area contributed by atoms with Crippen LogP contribution in [0, 0.1) is 11.3 Å². The molecule has 1 atom stereocenters. The van der Waals surface area contributed by atoms with Crippen LogP contribution >= 0.6 is 0 Å². The van der Waals surface area contributed by atoms with Crippen molar-refractivity contribution < 1.29 is 14.3 Å². The van der Waals surface area contributed by atoms with E-state index in [1.165, 1.54) is 5.69 Å². The molecule has 3 aliphatic rings. The lowest BCUT2D eigenvalue weighted by Crippen LogP contribution is -2.51. The summed E-state index contributed by atoms with van der Waals surface area (Å²) >= 11 is 0. The van der Waals surface area contributed by atoms with E-state index in [0.717, 1.165) is 44.7 Å². The van der Waals surface area contributed by atoms with Crippen molar-refractivity contribution >= 4 is 12.0 Å². The zero-order valence-corrected chi connectivity index (χ0v) is 19.4. The van der Waals surface area contributed by atoms with E-state index in [9.17, 15) is 9.59 Å². The smallest absolute Gasteiger partial charge is 0.409 e. The maximum atomic E-state index is 13.1. The van der Waals surface area contributed by atoms with Gasteiger partial charge in [0, 0.05) is 56.7 Å². The van der Waals surface area contributed by atoms with Gasteiger partial charge in [0.25, 0.3) is 0 Å². The highest BCUT2D eigenvalue weighted by atomic mass is 16.6. The molecule has 176 valence electrons. The van der Waals surface area contributed by atoms with E-state index in [4.69, 9.17) is 4.74 Å². The van der Waals surface area contributed by atoms with E-state index in [1.807, 2.05) is 36.2 Å². The Morgan fingerprint density at radius 2 is 1.79 bits per heavy atom. The number of likely N-dealkylation sites (tertiary alicyclic amines) is 1. The molecule has 5 rings (SSSR count). The Bertz CT molecular complexity index is 975. The van der Waals surface area contributed by atoms with Crippen LogP contribution in [0.2, 0.25) is 0 Å². The number of carbonyl (C=O) groups excluding carboxylic acids is 2. The summed E-state index contributed by atoms with van der Waals surface area (Å²) in [5.41, 5.74) is 1.43. The number of amides is 2. The topological polar surface area (TPSA) is 70.9 Å². The number of aromatic nitrogens is 2. The maximum absolute atomic E-state index is 13.1. The molecule has 1 spiro atoms. The summed E-state index contributed by atoms with van der Waals surface area (Å²) in [6, 6.07) is 10.2. The third-order valence-corrected chi connectivity index (χ3v) is 7.57. The molecule has 1 saturated carbocycles. The number of pyridine rings is 1. The van der Waals surface area contributed by atoms with E-state index in [-0.39, 0.29) is 23.3 Å². The molecule has 33 heavy (non-hydrogen) atoms. The monoisotopic (exact) mass is 451 g/mol. The molecule has 2 amide bonds. The Morgan fingerprint density at radius 3 is 2.48 bits per heavy atom. The number of ether oxygens (including phenoxy) is 1. The predicted octanol–water partition coefficient (Wildman–Crippen LogP) is 2.78. The fourth-order valence-electron chi connectivity index (χ4n) is 5.44. The molecule has 4 heterocycles. The SMILES string of the molecule is CCOC(=O)N1CCN(C(=O)C2CC23CCN(Cc2cccn2-c2ccccn2)CC3)CC1. The van der Waals surface area contributed by atoms with Crippen LogP contribution < -0.4 is 0 Å². The predicted molar refractivity (Wildman–Crippen MR) is 124 cm³/mol. The fourth-order valence-corrected chi connectivity index (χ4v) is 5.44. The van der Waals surface area contributed by atoms with Crippen LogP contribution in [0.5, 0.6) is 0 Å². The van der Waals surface area contributed by atoms with Gasteiger partial charge in [0.15, 0.2) is 0 Å². The average Bonchev–Trinajstić information content (AvgIpc) is 3.35. The van der Waals surface area contributed by atoms with Crippen LogP contribution in [-0.2, 0) is 16.1 Å². The van der Waals surface area contributed by atoms with E-state index < -0.39 is 0 Å². The van der Waals surface area contributed by atoms with Gasteiger partial charge in [0.05, 0.1) is 6.61 Å². The van der Waals surface area contributed by atoms with Crippen LogP contribution in [0.15, 0.2) is 42.7 Å². The molecule has 3 fully saturated rings. The number of piperazine rings is 1. The first-order valence-corrected chi connectivity index (χ1v) is 12.1. The second kappa shape index (κ2) is 9.17. The Labute approximate surface area is 195 Å². The summed E-state index contributed by atoms with van der Waals surface area (Å²) in [5, 5.41) is 0. The summed E-state index contributed by atoms with van der Waals surface area (Å²) in [6.45, 7) is 7.49. The van der Waals surface area contributed by atoms with Crippen molar-refractivity contribution in [3.8, 4) is 5.82 Å². The zero-order valence-electron chi connectivity index (χ0n) is 19.4. The molecule has 2 saturated heterocycles. The summed E-state index contributed by atoms with van der Waals surface area (Å²) in [4.78, 5) is 35.7. The average molecular weight is 452 g/mol. The fraction of sp³-hybridized carbons (Fsp3) is 0.560. The Hall–Kier alpha value is -2.87. The van der Waals surface area contributed by atoms with Gasteiger partial charge < -0.3 is 19.1 Å². The Kier molecular flexibility index (Phi) is 6.10. The van der Waals surface area contributed by atoms with Crippen molar-refractivity contribution in [1.82, 2.24) is 24.3 Å². The number of hydrogen-bond acceptors (Lipinski definition) is 5. The molecular formula is C25H33N5O3. The van der Waals surface area contributed by atoms with E-state index in [2.05, 4.69) is 32.8 Å². The minimum absolute atomic E-state index is 0.158. The Morgan fingerprint density at radius 1 is 1.03 bits per heavy atom. The number of hydrogen-bond donors (Lipinski definition) is 0. The van der Waals surface area contributed by atoms with Gasteiger partial charge in [-0.1, -0.05) is 6.07 Å². The largest absolute Gasteiger partial charge is 0.450 e. The Balaban J connectivity index is 1.11. The summed E-state index contributed by atoms with van der Waals surface area (Å²) in [6.07, 6.45) is 6.80. The molecule has 2 aromatic rings. The van der Waals surface area contributed by atoms with Gasteiger partial charge in [0.1, 0.15) is 5.82 Å². The second-order valence-corrected chi connectivity index (χ2v) is 9.46.